The number of aryl methyl sites for hydroxylation is 1. The number of carbonyl (C=O) groups is 2. The molecule has 2 aromatic heterocycles. The fourth-order valence-corrected chi connectivity index (χ4v) is 4.43. The Hall–Kier alpha value is -3.52. The van der Waals surface area contributed by atoms with Crippen LogP contribution in [-0.4, -0.2) is 40.0 Å². The summed E-state index contributed by atoms with van der Waals surface area (Å²) in [6.45, 7) is 3.24. The molecule has 2 aromatic carbocycles. The maximum absolute atomic E-state index is 13.7. The minimum atomic E-state index is -0.477. The van der Waals surface area contributed by atoms with Crippen LogP contribution in [0.15, 0.2) is 54.7 Å². The van der Waals surface area contributed by atoms with Gasteiger partial charge in [0, 0.05) is 30.6 Å². The molecule has 0 spiro atoms. The van der Waals surface area contributed by atoms with Crippen molar-refractivity contribution in [1.82, 2.24) is 14.9 Å². The smallest absolute Gasteiger partial charge is 0.304 e. The summed E-state index contributed by atoms with van der Waals surface area (Å²) in [6, 6.07) is 14.1. The molecule has 0 aliphatic heterocycles. The number of thiazole rings is 1. The Bertz CT molecular complexity index is 1270. The van der Waals surface area contributed by atoms with E-state index in [-0.39, 0.29) is 25.0 Å². The molecule has 0 saturated carbocycles. The first kappa shape index (κ1) is 21.7. The van der Waals surface area contributed by atoms with E-state index < -0.39 is 5.97 Å². The first-order valence-corrected chi connectivity index (χ1v) is 10.9. The predicted molar refractivity (Wildman–Crippen MR) is 122 cm³/mol. The maximum Gasteiger partial charge on any atom is 0.304 e. The molecule has 0 radical (unpaired) electrons. The molecular weight excluding hydrogens is 429 g/mol. The average Bonchev–Trinajstić information content (AvgIpc) is 3.37. The molecule has 4 rings (SSSR count). The Kier molecular flexibility index (Phi) is 6.32. The van der Waals surface area contributed by atoms with Crippen LogP contribution in [0.3, 0.4) is 0 Å². The summed E-state index contributed by atoms with van der Waals surface area (Å²) in [5.41, 5.74) is 2.93. The highest BCUT2D eigenvalue weighted by molar-refractivity contribution is 7.15. The quantitative estimate of drug-likeness (QED) is 0.319. The van der Waals surface area contributed by atoms with Crippen molar-refractivity contribution < 1.29 is 18.7 Å². The fraction of sp³-hybridized carbons (Fsp3) is 0.208. The van der Waals surface area contributed by atoms with E-state index in [4.69, 9.17) is 4.74 Å². The number of H-pyrrole nitrogens is 1. The van der Waals surface area contributed by atoms with Crippen LogP contribution < -0.4 is 0 Å². The van der Waals surface area contributed by atoms with Crippen LogP contribution >= 0.6 is 11.3 Å². The number of aromatic nitrogens is 2. The molecule has 32 heavy (non-hydrogen) atoms. The zero-order valence-electron chi connectivity index (χ0n) is 17.7. The molecule has 1 N–H and O–H groups in total. The van der Waals surface area contributed by atoms with Crippen LogP contribution in [0.2, 0.25) is 0 Å². The van der Waals surface area contributed by atoms with Crippen molar-refractivity contribution >= 4 is 34.1 Å². The van der Waals surface area contributed by atoms with Gasteiger partial charge in [-0.3, -0.25) is 9.59 Å². The number of fused-ring (bicyclic) bond motifs is 1. The SMILES string of the molecule is CC(=O)OCN(CCc1c[nH]c2ccc(F)cc12)C(=O)c1nc(C)sc1-c1ccccc1. The summed E-state index contributed by atoms with van der Waals surface area (Å²) in [5, 5.41) is 1.53. The van der Waals surface area contributed by atoms with Crippen molar-refractivity contribution in [3.63, 3.8) is 0 Å². The largest absolute Gasteiger partial charge is 0.444 e. The number of rotatable bonds is 7. The van der Waals surface area contributed by atoms with Gasteiger partial charge in [0.2, 0.25) is 0 Å². The molecule has 2 heterocycles. The highest BCUT2D eigenvalue weighted by Crippen LogP contribution is 2.31. The third-order valence-corrected chi connectivity index (χ3v) is 6.08. The first-order valence-electron chi connectivity index (χ1n) is 10.1. The summed E-state index contributed by atoms with van der Waals surface area (Å²) in [4.78, 5) is 34.7. The van der Waals surface area contributed by atoms with E-state index in [1.165, 1.54) is 35.3 Å². The minimum absolute atomic E-state index is 0.185. The number of carbonyl (C=O) groups excluding carboxylic acids is 2. The predicted octanol–water partition coefficient (Wildman–Crippen LogP) is 4.94. The van der Waals surface area contributed by atoms with E-state index in [1.807, 2.05) is 37.3 Å². The molecule has 0 unspecified atom stereocenters. The molecule has 0 fully saturated rings. The van der Waals surface area contributed by atoms with Crippen molar-refractivity contribution in [1.29, 1.82) is 0 Å². The van der Waals surface area contributed by atoms with Gasteiger partial charge in [0.05, 0.1) is 9.88 Å². The summed E-state index contributed by atoms with van der Waals surface area (Å²) in [6.07, 6.45) is 2.27. The first-order chi connectivity index (χ1) is 15.4. The molecule has 8 heteroatoms. The number of ether oxygens (including phenoxy) is 1. The zero-order valence-corrected chi connectivity index (χ0v) is 18.5. The van der Waals surface area contributed by atoms with Crippen molar-refractivity contribution in [3.8, 4) is 10.4 Å². The van der Waals surface area contributed by atoms with Gasteiger partial charge in [-0.15, -0.1) is 11.3 Å². The summed E-state index contributed by atoms with van der Waals surface area (Å²) in [7, 11) is 0. The zero-order chi connectivity index (χ0) is 22.7. The highest BCUT2D eigenvalue weighted by atomic mass is 32.1. The fourth-order valence-electron chi connectivity index (χ4n) is 3.51. The molecule has 0 aliphatic carbocycles. The van der Waals surface area contributed by atoms with Crippen LogP contribution in [0, 0.1) is 12.7 Å². The van der Waals surface area contributed by atoms with Crippen LogP contribution in [0.5, 0.6) is 0 Å². The van der Waals surface area contributed by atoms with Crippen LogP contribution in [0.1, 0.15) is 28.0 Å². The lowest BCUT2D eigenvalue weighted by molar-refractivity contribution is -0.144. The number of halogens is 1. The van der Waals surface area contributed by atoms with Gasteiger partial charge in [0.25, 0.3) is 5.91 Å². The third-order valence-electron chi connectivity index (χ3n) is 5.06. The average molecular weight is 452 g/mol. The number of nitrogens with one attached hydrogen (secondary N) is 1. The van der Waals surface area contributed by atoms with Crippen molar-refractivity contribution in [3.05, 3.63) is 76.8 Å². The molecule has 0 atom stereocenters. The summed E-state index contributed by atoms with van der Waals surface area (Å²) in [5.74, 6) is -1.12. The highest BCUT2D eigenvalue weighted by Gasteiger charge is 2.24. The molecule has 6 nitrogen and oxygen atoms in total. The van der Waals surface area contributed by atoms with Gasteiger partial charge in [0.15, 0.2) is 6.73 Å². The lowest BCUT2D eigenvalue weighted by Gasteiger charge is -2.21. The van der Waals surface area contributed by atoms with Gasteiger partial charge in [-0.2, -0.15) is 0 Å². The van der Waals surface area contributed by atoms with Crippen LogP contribution in [0.25, 0.3) is 21.3 Å². The molecule has 0 aliphatic rings. The molecular formula is C24H22FN3O3S. The Balaban J connectivity index is 1.61. The maximum atomic E-state index is 13.7. The summed E-state index contributed by atoms with van der Waals surface area (Å²) >= 11 is 1.44. The number of nitrogens with zero attached hydrogens (tertiary/aromatic N) is 2. The number of hydrogen-bond donors (Lipinski definition) is 1. The number of hydrogen-bond acceptors (Lipinski definition) is 5. The second-order valence-electron chi connectivity index (χ2n) is 7.36. The number of esters is 1. The topological polar surface area (TPSA) is 75.3 Å². The van der Waals surface area contributed by atoms with Crippen LogP contribution in [-0.2, 0) is 16.0 Å². The Morgan fingerprint density at radius 1 is 1.19 bits per heavy atom. The van der Waals surface area contributed by atoms with Crippen molar-refractivity contribution in [2.75, 3.05) is 13.3 Å². The van der Waals surface area contributed by atoms with Gasteiger partial charge >= 0.3 is 5.97 Å². The standard InChI is InChI=1S/C24H22FN3O3S/c1-15-27-22(23(32-15)17-6-4-3-5-7-17)24(30)28(14-31-16(2)29)11-10-18-13-26-21-9-8-19(25)12-20(18)21/h3-9,12-13,26H,10-11,14H2,1-2H3. The normalized spacial score (nSPS) is 11.0. The van der Waals surface area contributed by atoms with Gasteiger partial charge in [-0.1, -0.05) is 30.3 Å². The second-order valence-corrected chi connectivity index (χ2v) is 8.57. The minimum Gasteiger partial charge on any atom is -0.444 e. The van der Waals surface area contributed by atoms with Crippen molar-refractivity contribution in [2.24, 2.45) is 0 Å². The van der Waals surface area contributed by atoms with Gasteiger partial charge in [-0.25, -0.2) is 9.37 Å². The Morgan fingerprint density at radius 3 is 2.72 bits per heavy atom. The molecule has 0 saturated heterocycles. The molecule has 4 aromatic rings. The van der Waals surface area contributed by atoms with E-state index in [2.05, 4.69) is 9.97 Å². The van der Waals surface area contributed by atoms with E-state index in [0.29, 0.717) is 12.1 Å². The Morgan fingerprint density at radius 2 is 1.97 bits per heavy atom. The number of benzene rings is 2. The van der Waals surface area contributed by atoms with E-state index >= 15 is 0 Å². The second kappa shape index (κ2) is 9.32. The number of amides is 1. The third kappa shape index (κ3) is 4.70. The molecule has 0 bridgehead atoms. The van der Waals surface area contributed by atoms with Gasteiger partial charge < -0.3 is 14.6 Å². The monoisotopic (exact) mass is 451 g/mol. The number of aromatic amines is 1. The van der Waals surface area contributed by atoms with E-state index in [1.54, 1.807) is 12.3 Å². The van der Waals surface area contributed by atoms with E-state index in [9.17, 15) is 14.0 Å². The van der Waals surface area contributed by atoms with Crippen molar-refractivity contribution in [2.45, 2.75) is 20.3 Å². The van der Waals surface area contributed by atoms with E-state index in [0.717, 1.165) is 31.9 Å². The Labute approximate surface area is 188 Å². The lowest BCUT2D eigenvalue weighted by atomic mass is 10.1. The lowest BCUT2D eigenvalue weighted by Crippen LogP contribution is -2.36. The molecule has 164 valence electrons. The van der Waals surface area contributed by atoms with Gasteiger partial charge in [0.1, 0.15) is 11.5 Å². The van der Waals surface area contributed by atoms with Crippen LogP contribution in [0.4, 0.5) is 4.39 Å². The summed E-state index contributed by atoms with van der Waals surface area (Å²) < 4.78 is 18.9. The molecule has 1 amide bonds. The van der Waals surface area contributed by atoms with Gasteiger partial charge in [-0.05, 0) is 42.7 Å².